The Balaban J connectivity index is 3.17. The normalized spacial score (nSPS) is 32.2. The molecule has 0 saturated carbocycles. The van der Waals surface area contributed by atoms with Crippen molar-refractivity contribution in [3.8, 4) is 0 Å². The Bertz CT molecular complexity index is 473. The molecule has 11 heteroatoms. The summed E-state index contributed by atoms with van der Waals surface area (Å²) in [5, 5.41) is 50.9. The van der Waals surface area contributed by atoms with E-state index in [0.717, 1.165) is 6.92 Å². The summed E-state index contributed by atoms with van der Waals surface area (Å²) in [4.78, 5) is 32.7. The minimum Gasteiger partial charge on any atom is -0.477 e. The molecule has 25 heavy (non-hydrogen) atoms. The van der Waals surface area contributed by atoms with E-state index in [9.17, 15) is 30.0 Å². The van der Waals surface area contributed by atoms with Crippen LogP contribution in [0.25, 0.3) is 0 Å². The molecular formula is C14H25NO10. The van der Waals surface area contributed by atoms with Crippen molar-refractivity contribution in [2.75, 3.05) is 6.61 Å². The lowest BCUT2D eigenvalue weighted by Gasteiger charge is -2.45. The fourth-order valence-corrected chi connectivity index (χ4v) is 2.39. The predicted molar refractivity (Wildman–Crippen MR) is 79.9 cm³/mol. The highest BCUT2D eigenvalue weighted by atomic mass is 17.2. The number of hydrogen-bond acceptors (Lipinski definition) is 9. The summed E-state index contributed by atoms with van der Waals surface area (Å²) < 4.78 is 5.31. The molecule has 0 spiro atoms. The van der Waals surface area contributed by atoms with Crippen molar-refractivity contribution in [3.63, 3.8) is 0 Å². The van der Waals surface area contributed by atoms with Crippen LogP contribution in [0.2, 0.25) is 0 Å². The van der Waals surface area contributed by atoms with Gasteiger partial charge < -0.3 is 35.6 Å². The van der Waals surface area contributed by atoms with Crippen molar-refractivity contribution in [3.05, 3.63) is 0 Å². The SMILES string of the molecule is CC(=O)N[C@H]1[C@H]([C@H](O)[C@H](O)CO)O[C@](OOC(C)C)(C(=O)O)C[C@@H]1O. The van der Waals surface area contributed by atoms with Crippen LogP contribution in [0.1, 0.15) is 27.2 Å². The average Bonchev–Trinajstić information content (AvgIpc) is 2.52. The lowest BCUT2D eigenvalue weighted by molar-refractivity contribution is -0.452. The largest absolute Gasteiger partial charge is 0.477 e. The molecule has 6 atom stereocenters. The van der Waals surface area contributed by atoms with Gasteiger partial charge in [0.15, 0.2) is 0 Å². The number of hydrogen-bond donors (Lipinski definition) is 6. The van der Waals surface area contributed by atoms with Gasteiger partial charge in [-0.1, -0.05) is 0 Å². The second kappa shape index (κ2) is 8.85. The van der Waals surface area contributed by atoms with Gasteiger partial charge in [-0.3, -0.25) is 4.79 Å². The zero-order chi connectivity index (χ0) is 19.4. The summed E-state index contributed by atoms with van der Waals surface area (Å²) in [6.07, 6.45) is -7.77. The number of nitrogens with one attached hydrogen (secondary N) is 1. The molecule has 0 bridgehead atoms. The van der Waals surface area contributed by atoms with Crippen LogP contribution in [0.5, 0.6) is 0 Å². The highest BCUT2D eigenvalue weighted by molar-refractivity contribution is 5.76. The molecule has 0 aromatic rings. The number of aliphatic carboxylic acids is 1. The number of carbonyl (C=O) groups excluding carboxylic acids is 1. The topological polar surface area (TPSA) is 175 Å². The third kappa shape index (κ3) is 5.31. The molecule has 1 saturated heterocycles. The Hall–Kier alpha value is -1.34. The minimum atomic E-state index is -2.47. The summed E-state index contributed by atoms with van der Waals surface area (Å²) >= 11 is 0. The molecule has 0 aromatic heterocycles. The number of amides is 1. The predicted octanol–water partition coefficient (Wildman–Crippen LogP) is -2.51. The standard InChI is InChI=1S/C14H25NO10/c1-6(2)24-25-14(13(21)22)4-8(18)10(15-7(3)17)12(23-14)11(20)9(19)5-16/h6,8-12,16,18-20H,4-5H2,1-3H3,(H,15,17)(H,21,22)/t8-,9+,10+,11+,12+,14+/m0/s1. The van der Waals surface area contributed by atoms with Crippen LogP contribution < -0.4 is 5.32 Å². The van der Waals surface area contributed by atoms with Crippen LogP contribution in [0, 0.1) is 0 Å². The molecule has 11 nitrogen and oxygen atoms in total. The molecule has 0 aromatic carbocycles. The van der Waals surface area contributed by atoms with Gasteiger partial charge in [-0.2, -0.15) is 4.89 Å². The van der Waals surface area contributed by atoms with E-state index in [2.05, 4.69) is 5.32 Å². The van der Waals surface area contributed by atoms with E-state index in [4.69, 9.17) is 19.6 Å². The average molecular weight is 367 g/mol. The molecule has 0 unspecified atom stereocenters. The Morgan fingerprint density at radius 2 is 1.96 bits per heavy atom. The van der Waals surface area contributed by atoms with Gasteiger partial charge in [-0.15, -0.1) is 0 Å². The third-order valence-corrected chi connectivity index (χ3v) is 3.56. The molecule has 1 aliphatic rings. The fourth-order valence-electron chi connectivity index (χ4n) is 2.39. The summed E-state index contributed by atoms with van der Waals surface area (Å²) in [7, 11) is 0. The van der Waals surface area contributed by atoms with Gasteiger partial charge in [0.1, 0.15) is 18.3 Å². The van der Waals surface area contributed by atoms with Crippen LogP contribution in [-0.2, 0) is 24.1 Å². The van der Waals surface area contributed by atoms with Crippen molar-refractivity contribution in [2.24, 2.45) is 0 Å². The first-order chi connectivity index (χ1) is 11.5. The van der Waals surface area contributed by atoms with Crippen molar-refractivity contribution >= 4 is 11.9 Å². The fraction of sp³-hybridized carbons (Fsp3) is 0.857. The highest BCUT2D eigenvalue weighted by Crippen LogP contribution is 2.34. The second-order valence-corrected chi connectivity index (χ2v) is 6.11. The number of aliphatic hydroxyl groups excluding tert-OH is 4. The lowest BCUT2D eigenvalue weighted by atomic mass is 9.88. The molecule has 0 radical (unpaired) electrons. The highest BCUT2D eigenvalue weighted by Gasteiger charge is 2.56. The maximum absolute atomic E-state index is 11.6. The Morgan fingerprint density at radius 3 is 2.40 bits per heavy atom. The molecular weight excluding hydrogens is 342 g/mol. The van der Waals surface area contributed by atoms with Crippen LogP contribution in [0.4, 0.5) is 0 Å². The van der Waals surface area contributed by atoms with Crippen molar-refractivity contribution < 1.29 is 49.6 Å². The second-order valence-electron chi connectivity index (χ2n) is 6.11. The first-order valence-electron chi connectivity index (χ1n) is 7.72. The molecule has 0 aliphatic carbocycles. The Kier molecular flexibility index (Phi) is 7.68. The van der Waals surface area contributed by atoms with Crippen molar-refractivity contribution in [1.29, 1.82) is 0 Å². The number of carboxylic acid groups (broad SMARTS) is 1. The summed E-state index contributed by atoms with van der Waals surface area (Å²) in [5.74, 6) is -4.69. The molecule has 146 valence electrons. The van der Waals surface area contributed by atoms with Gasteiger partial charge in [0.2, 0.25) is 5.91 Å². The van der Waals surface area contributed by atoms with Crippen molar-refractivity contribution in [1.82, 2.24) is 5.32 Å². The smallest absolute Gasteiger partial charge is 0.367 e. The van der Waals surface area contributed by atoms with E-state index < -0.39 is 67.3 Å². The van der Waals surface area contributed by atoms with Crippen molar-refractivity contribution in [2.45, 2.75) is 69.5 Å². The maximum atomic E-state index is 11.6. The molecule has 1 rings (SSSR count). The van der Waals surface area contributed by atoms with Gasteiger partial charge in [-0.05, 0) is 13.8 Å². The zero-order valence-corrected chi connectivity index (χ0v) is 14.2. The molecule has 1 amide bonds. The summed E-state index contributed by atoms with van der Waals surface area (Å²) in [6.45, 7) is 3.43. The molecule has 1 aliphatic heterocycles. The quantitative estimate of drug-likeness (QED) is 0.198. The van der Waals surface area contributed by atoms with E-state index in [1.807, 2.05) is 0 Å². The van der Waals surface area contributed by atoms with Gasteiger partial charge >= 0.3 is 11.8 Å². The van der Waals surface area contributed by atoms with Crippen LogP contribution in [0.3, 0.4) is 0 Å². The van der Waals surface area contributed by atoms with Gasteiger partial charge in [0, 0.05) is 13.3 Å². The van der Waals surface area contributed by atoms with Gasteiger partial charge in [0.05, 0.1) is 24.9 Å². The minimum absolute atomic E-state index is 0.531. The van der Waals surface area contributed by atoms with E-state index in [-0.39, 0.29) is 0 Å². The molecule has 6 N–H and O–H groups in total. The third-order valence-electron chi connectivity index (χ3n) is 3.56. The van der Waals surface area contributed by atoms with Gasteiger partial charge in [-0.25, -0.2) is 9.68 Å². The summed E-state index contributed by atoms with van der Waals surface area (Å²) in [5.41, 5.74) is 0. The number of aliphatic hydroxyl groups is 4. The zero-order valence-electron chi connectivity index (χ0n) is 14.2. The molecule has 1 fully saturated rings. The first kappa shape index (κ1) is 21.7. The van der Waals surface area contributed by atoms with Crippen LogP contribution in [0.15, 0.2) is 0 Å². The Labute approximate surface area is 144 Å². The number of rotatable bonds is 8. The maximum Gasteiger partial charge on any atom is 0.367 e. The van der Waals surface area contributed by atoms with Crippen LogP contribution in [-0.4, -0.2) is 86.4 Å². The summed E-state index contributed by atoms with van der Waals surface area (Å²) in [6, 6.07) is -1.25. The van der Waals surface area contributed by atoms with E-state index in [1.54, 1.807) is 13.8 Å². The number of carbonyl (C=O) groups is 2. The van der Waals surface area contributed by atoms with E-state index >= 15 is 0 Å². The number of carboxylic acids is 1. The van der Waals surface area contributed by atoms with E-state index in [0.29, 0.717) is 0 Å². The number of ether oxygens (including phenoxy) is 1. The Morgan fingerprint density at radius 1 is 1.36 bits per heavy atom. The van der Waals surface area contributed by atoms with Crippen LogP contribution >= 0.6 is 0 Å². The first-order valence-corrected chi connectivity index (χ1v) is 7.72. The van der Waals surface area contributed by atoms with Gasteiger partial charge in [0.25, 0.3) is 0 Å². The van der Waals surface area contributed by atoms with E-state index in [1.165, 1.54) is 0 Å². The lowest BCUT2D eigenvalue weighted by Crippen LogP contribution is -2.67. The monoisotopic (exact) mass is 367 g/mol. The molecule has 1 heterocycles.